The molecule has 0 saturated carbocycles. The normalized spacial score (nSPS) is 12.2. The lowest BCUT2D eigenvalue weighted by Gasteiger charge is -2.37. The van der Waals surface area contributed by atoms with E-state index in [-0.39, 0.29) is 13.2 Å². The number of carbonyl (C=O) groups excluding carboxylic acids is 1. The van der Waals surface area contributed by atoms with Gasteiger partial charge in [0.1, 0.15) is 23.2 Å². The van der Waals surface area contributed by atoms with Crippen LogP contribution in [0.3, 0.4) is 0 Å². The summed E-state index contributed by atoms with van der Waals surface area (Å²) in [6.45, 7) is 7.44. The molecule has 6 nitrogen and oxygen atoms in total. The first-order valence-corrected chi connectivity index (χ1v) is 12.5. The molecule has 6 heteroatoms. The van der Waals surface area contributed by atoms with Crippen molar-refractivity contribution < 1.29 is 28.8 Å². The van der Waals surface area contributed by atoms with E-state index in [4.69, 9.17) is 18.9 Å². The van der Waals surface area contributed by atoms with Crippen LogP contribution in [-0.2, 0) is 19.9 Å². The van der Waals surface area contributed by atoms with E-state index in [1.165, 1.54) is 6.42 Å². The number of carbonyl (C=O) groups is 1. The fourth-order valence-electron chi connectivity index (χ4n) is 3.83. The zero-order valence-electron chi connectivity index (χ0n) is 22.8. The van der Waals surface area contributed by atoms with Crippen molar-refractivity contribution in [2.75, 3.05) is 27.4 Å². The van der Waals surface area contributed by atoms with Crippen molar-refractivity contribution in [3.8, 4) is 11.5 Å². The van der Waals surface area contributed by atoms with Crippen molar-refractivity contribution in [2.45, 2.75) is 51.4 Å². The van der Waals surface area contributed by atoms with Gasteiger partial charge in [0.25, 0.3) is 0 Å². The second-order valence-corrected chi connectivity index (χ2v) is 9.23. The first-order chi connectivity index (χ1) is 17.8. The van der Waals surface area contributed by atoms with Crippen LogP contribution in [0, 0.1) is 0 Å². The molecule has 0 aromatic heterocycles. The van der Waals surface area contributed by atoms with Crippen molar-refractivity contribution in [2.24, 2.45) is 0 Å². The minimum Gasteiger partial charge on any atom is -0.497 e. The van der Waals surface area contributed by atoms with Crippen LogP contribution in [0.1, 0.15) is 50.8 Å². The third kappa shape index (κ3) is 7.89. The Morgan fingerprint density at radius 2 is 1.22 bits per heavy atom. The Bertz CT molecular complexity index is 998. The lowest BCUT2D eigenvalue weighted by Crippen LogP contribution is -2.41. The zero-order valence-corrected chi connectivity index (χ0v) is 22.8. The Balaban J connectivity index is 0.00000153. The number of rotatable bonds is 12. The summed E-state index contributed by atoms with van der Waals surface area (Å²) in [7, 11) is 3.24. The maximum absolute atomic E-state index is 11.9. The number of methoxy groups -OCH3 is 2. The van der Waals surface area contributed by atoms with Gasteiger partial charge in [0.05, 0.1) is 33.0 Å². The van der Waals surface area contributed by atoms with Gasteiger partial charge < -0.3 is 28.8 Å². The summed E-state index contributed by atoms with van der Waals surface area (Å²) in [5, 5.41) is 9.59. The van der Waals surface area contributed by atoms with Crippen LogP contribution >= 0.6 is 0 Å². The molecule has 0 radical (unpaired) electrons. The molecule has 37 heavy (non-hydrogen) atoms. The van der Waals surface area contributed by atoms with Crippen molar-refractivity contribution in [3.05, 3.63) is 95.6 Å². The van der Waals surface area contributed by atoms with Crippen molar-refractivity contribution in [1.29, 1.82) is 0 Å². The Labute approximate surface area is 221 Å². The highest BCUT2D eigenvalue weighted by atomic mass is 16.6. The topological polar surface area (TPSA) is 74.2 Å². The second kappa shape index (κ2) is 14.5. The zero-order chi connectivity index (χ0) is 27.3. The van der Waals surface area contributed by atoms with Crippen LogP contribution in [0.25, 0.3) is 0 Å². The fraction of sp³-hybridized carbons (Fsp3) is 0.387. The van der Waals surface area contributed by atoms with Gasteiger partial charge in [-0.1, -0.05) is 74.9 Å². The van der Waals surface area contributed by atoms with Gasteiger partial charge in [-0.25, -0.2) is 0 Å². The number of hydrogen-bond acceptors (Lipinski definition) is 6. The van der Waals surface area contributed by atoms with E-state index in [9.17, 15) is 9.90 Å². The van der Waals surface area contributed by atoms with Crippen LogP contribution in [0.5, 0.6) is 11.5 Å². The van der Waals surface area contributed by atoms with E-state index in [2.05, 4.69) is 13.8 Å². The summed E-state index contributed by atoms with van der Waals surface area (Å²) >= 11 is 0. The summed E-state index contributed by atoms with van der Waals surface area (Å²) in [4.78, 5) is 11.9. The van der Waals surface area contributed by atoms with Gasteiger partial charge in [-0.15, -0.1) is 0 Å². The largest absolute Gasteiger partial charge is 0.497 e. The molecule has 0 heterocycles. The third-order valence-corrected chi connectivity index (χ3v) is 5.64. The van der Waals surface area contributed by atoms with Gasteiger partial charge in [0.15, 0.2) is 6.29 Å². The highest BCUT2D eigenvalue weighted by Crippen LogP contribution is 2.41. The van der Waals surface area contributed by atoms with Crippen molar-refractivity contribution in [3.63, 3.8) is 0 Å². The molecule has 1 atom stereocenters. The number of benzene rings is 3. The Morgan fingerprint density at radius 1 is 0.784 bits per heavy atom. The first kappa shape index (κ1) is 30.0. The van der Waals surface area contributed by atoms with Crippen LogP contribution < -0.4 is 9.47 Å². The summed E-state index contributed by atoms with van der Waals surface area (Å²) in [6.07, 6.45) is 1.08. The first-order valence-electron chi connectivity index (χ1n) is 12.5. The number of aliphatic hydroxyl groups excluding tert-OH is 1. The number of aldehydes is 1. The van der Waals surface area contributed by atoms with Gasteiger partial charge in [0.2, 0.25) is 0 Å². The Kier molecular flexibility index (Phi) is 11.8. The van der Waals surface area contributed by atoms with Gasteiger partial charge >= 0.3 is 0 Å². The predicted octanol–water partition coefficient (Wildman–Crippen LogP) is 5.78. The molecule has 0 bridgehead atoms. The molecule has 1 N–H and O–H groups in total. The Hall–Kier alpha value is -3.19. The summed E-state index contributed by atoms with van der Waals surface area (Å²) in [5.74, 6) is 1.44. The summed E-state index contributed by atoms with van der Waals surface area (Å²) in [5.41, 5.74) is 0.668. The molecule has 3 rings (SSSR count). The van der Waals surface area contributed by atoms with Gasteiger partial charge in [-0.3, -0.25) is 0 Å². The molecule has 0 aliphatic heterocycles. The SMILES string of the molecule is CCC.COc1ccc(C(OCC(C=O)OC(C)(C)CO)(c2ccccc2)c2ccc(OC)cc2)cc1. The quantitative estimate of drug-likeness (QED) is 0.247. The third-order valence-electron chi connectivity index (χ3n) is 5.64. The van der Waals surface area contributed by atoms with Crippen molar-refractivity contribution in [1.82, 2.24) is 0 Å². The smallest absolute Gasteiger partial charge is 0.151 e. The molecule has 1 unspecified atom stereocenters. The van der Waals surface area contributed by atoms with E-state index in [1.54, 1.807) is 28.1 Å². The Morgan fingerprint density at radius 3 is 1.59 bits per heavy atom. The fourth-order valence-corrected chi connectivity index (χ4v) is 3.83. The maximum atomic E-state index is 11.9. The van der Waals surface area contributed by atoms with Crippen LogP contribution in [-0.4, -0.2) is 50.5 Å². The van der Waals surface area contributed by atoms with E-state index >= 15 is 0 Å². The van der Waals surface area contributed by atoms with Crippen LogP contribution in [0.15, 0.2) is 78.9 Å². The maximum Gasteiger partial charge on any atom is 0.151 e. The molecule has 0 saturated heterocycles. The minimum atomic E-state index is -1.05. The molecule has 0 aliphatic rings. The molecule has 0 spiro atoms. The molecule has 3 aromatic carbocycles. The van der Waals surface area contributed by atoms with Crippen LogP contribution in [0.2, 0.25) is 0 Å². The van der Waals surface area contributed by atoms with E-state index in [0.29, 0.717) is 6.29 Å². The standard InChI is InChI=1S/C28H32O6.C3H8/c1-27(2,20-30)34-26(18-29)19-33-28(21-8-6-5-7-9-21,22-10-14-24(31-3)15-11-22)23-12-16-25(32-4)17-13-23;1-3-2/h5-18,26,30H,19-20H2,1-4H3;3H2,1-2H3. The minimum absolute atomic E-state index is 0.0279. The number of aliphatic hydroxyl groups is 1. The summed E-state index contributed by atoms with van der Waals surface area (Å²) < 4.78 is 23.2. The highest BCUT2D eigenvalue weighted by Gasteiger charge is 2.39. The molecule has 3 aromatic rings. The number of ether oxygens (including phenoxy) is 4. The molecule has 0 fully saturated rings. The van der Waals surface area contributed by atoms with E-state index in [1.807, 2.05) is 78.9 Å². The second-order valence-electron chi connectivity index (χ2n) is 9.23. The molecular weight excluding hydrogens is 468 g/mol. The van der Waals surface area contributed by atoms with Crippen molar-refractivity contribution >= 4 is 6.29 Å². The van der Waals surface area contributed by atoms with Gasteiger partial charge in [-0.2, -0.15) is 0 Å². The molecular formula is C31H40O6. The van der Waals surface area contributed by atoms with Gasteiger partial charge in [0, 0.05) is 0 Å². The average molecular weight is 509 g/mol. The molecule has 200 valence electrons. The van der Waals surface area contributed by atoms with Gasteiger partial charge in [-0.05, 0) is 54.8 Å². The van der Waals surface area contributed by atoms with Crippen LogP contribution in [0.4, 0.5) is 0 Å². The lowest BCUT2D eigenvalue weighted by molar-refractivity contribution is -0.150. The lowest BCUT2D eigenvalue weighted by atomic mass is 9.80. The average Bonchev–Trinajstić information content (AvgIpc) is 2.94. The highest BCUT2D eigenvalue weighted by molar-refractivity contribution is 5.56. The van der Waals surface area contributed by atoms with E-state index in [0.717, 1.165) is 28.2 Å². The molecule has 0 aliphatic carbocycles. The monoisotopic (exact) mass is 508 g/mol. The number of hydrogen-bond donors (Lipinski definition) is 1. The summed E-state index contributed by atoms with van der Waals surface area (Å²) in [6, 6.07) is 25.1. The molecule has 0 amide bonds. The van der Waals surface area contributed by atoms with E-state index < -0.39 is 17.3 Å². The predicted molar refractivity (Wildman–Crippen MR) is 146 cm³/mol.